The molecule has 8 nitrogen and oxygen atoms in total. The molecule has 0 aromatic heterocycles. The van der Waals surface area contributed by atoms with Crippen LogP contribution in [0.4, 0.5) is 5.69 Å². The Labute approximate surface area is 149 Å². The largest absolute Gasteiger partial charge is 0.488 e. The molecule has 0 bridgehead atoms. The molecule has 0 radical (unpaired) electrons. The number of para-hydroxylation sites is 1. The van der Waals surface area contributed by atoms with Gasteiger partial charge in [0.2, 0.25) is 0 Å². The molecule has 0 unspecified atom stereocenters. The molecular formula is C18H17NO7. The van der Waals surface area contributed by atoms with Crippen LogP contribution in [0.15, 0.2) is 36.4 Å². The lowest BCUT2D eigenvalue weighted by Gasteiger charge is -2.21. The van der Waals surface area contributed by atoms with Crippen LogP contribution in [-0.2, 0) is 22.7 Å². The summed E-state index contributed by atoms with van der Waals surface area (Å²) in [5.74, 6) is 0.350. The van der Waals surface area contributed by atoms with Crippen LogP contribution in [0, 0.1) is 10.1 Å². The number of ether oxygens (including phenoxy) is 4. The molecular weight excluding hydrogens is 342 g/mol. The van der Waals surface area contributed by atoms with Crippen LogP contribution in [0.3, 0.4) is 0 Å². The topological polar surface area (TPSA) is 97.1 Å². The van der Waals surface area contributed by atoms with E-state index in [2.05, 4.69) is 0 Å². The van der Waals surface area contributed by atoms with Gasteiger partial charge in [0.1, 0.15) is 23.7 Å². The van der Waals surface area contributed by atoms with Gasteiger partial charge in [0.15, 0.2) is 6.79 Å². The third kappa shape index (κ3) is 3.75. The third-order valence-corrected chi connectivity index (χ3v) is 3.75. The second kappa shape index (κ2) is 7.83. The number of non-ortho nitro benzene ring substituents is 1. The van der Waals surface area contributed by atoms with Crippen molar-refractivity contribution in [2.24, 2.45) is 0 Å². The van der Waals surface area contributed by atoms with Gasteiger partial charge in [-0.15, -0.1) is 0 Å². The minimum Gasteiger partial charge on any atom is -0.488 e. The normalized spacial score (nSPS) is 12.7. The molecule has 26 heavy (non-hydrogen) atoms. The number of hydrogen-bond donors (Lipinski definition) is 0. The number of hydrogen-bond acceptors (Lipinski definition) is 7. The summed E-state index contributed by atoms with van der Waals surface area (Å²) in [5, 5.41) is 11.2. The summed E-state index contributed by atoms with van der Waals surface area (Å²) in [5.41, 5.74) is 1.31. The number of rotatable bonds is 6. The van der Waals surface area contributed by atoms with Crippen molar-refractivity contribution in [3.05, 3.63) is 63.2 Å². The minimum absolute atomic E-state index is 0.000428. The predicted octanol–water partition coefficient (Wildman–Crippen LogP) is 3.22. The summed E-state index contributed by atoms with van der Waals surface area (Å²) in [6.45, 7) is 2.26. The van der Waals surface area contributed by atoms with E-state index in [4.69, 9.17) is 18.9 Å². The zero-order valence-corrected chi connectivity index (χ0v) is 14.1. The van der Waals surface area contributed by atoms with Gasteiger partial charge >= 0.3 is 5.97 Å². The zero-order chi connectivity index (χ0) is 18.5. The predicted molar refractivity (Wildman–Crippen MR) is 90.1 cm³/mol. The quantitative estimate of drug-likeness (QED) is 0.444. The van der Waals surface area contributed by atoms with E-state index in [9.17, 15) is 14.9 Å². The third-order valence-electron chi connectivity index (χ3n) is 3.75. The molecule has 0 atom stereocenters. The van der Waals surface area contributed by atoms with E-state index < -0.39 is 10.9 Å². The van der Waals surface area contributed by atoms with Crippen molar-refractivity contribution in [3.63, 3.8) is 0 Å². The maximum Gasteiger partial charge on any atom is 0.341 e. The number of carbonyl (C=O) groups is 1. The molecule has 136 valence electrons. The lowest BCUT2D eigenvalue weighted by Crippen LogP contribution is -2.15. The number of nitro benzene ring substituents is 1. The van der Waals surface area contributed by atoms with Crippen LogP contribution in [0.1, 0.15) is 28.4 Å². The Hall–Kier alpha value is -3.13. The number of fused-ring (bicyclic) bond motifs is 1. The second-order valence-electron chi connectivity index (χ2n) is 5.47. The van der Waals surface area contributed by atoms with Crippen LogP contribution >= 0.6 is 0 Å². The number of nitrogens with zero attached hydrogens (tertiary/aromatic N) is 1. The Morgan fingerprint density at radius 3 is 2.88 bits per heavy atom. The number of benzene rings is 2. The lowest BCUT2D eigenvalue weighted by atomic mass is 10.1. The molecule has 8 heteroatoms. The molecule has 0 saturated carbocycles. The molecule has 0 aliphatic carbocycles. The fourth-order valence-corrected chi connectivity index (χ4v) is 2.62. The molecule has 0 saturated heterocycles. The van der Waals surface area contributed by atoms with Crippen LogP contribution < -0.4 is 9.47 Å². The summed E-state index contributed by atoms with van der Waals surface area (Å²) in [6, 6.07) is 9.49. The first-order chi connectivity index (χ1) is 12.6. The zero-order valence-electron chi connectivity index (χ0n) is 14.1. The van der Waals surface area contributed by atoms with E-state index in [1.54, 1.807) is 31.2 Å². The van der Waals surface area contributed by atoms with Crippen LogP contribution in [0.25, 0.3) is 0 Å². The van der Waals surface area contributed by atoms with E-state index in [0.29, 0.717) is 22.6 Å². The number of nitro groups is 1. The van der Waals surface area contributed by atoms with Gasteiger partial charge in [0.25, 0.3) is 5.69 Å². The van der Waals surface area contributed by atoms with Crippen molar-refractivity contribution in [2.45, 2.75) is 20.1 Å². The Kier molecular flexibility index (Phi) is 5.33. The van der Waals surface area contributed by atoms with Gasteiger partial charge < -0.3 is 18.9 Å². The Balaban J connectivity index is 1.87. The summed E-state index contributed by atoms with van der Waals surface area (Å²) >= 11 is 0. The average molecular weight is 359 g/mol. The van der Waals surface area contributed by atoms with Crippen LogP contribution in [-0.4, -0.2) is 24.3 Å². The van der Waals surface area contributed by atoms with Crippen molar-refractivity contribution >= 4 is 11.7 Å². The smallest absolute Gasteiger partial charge is 0.341 e. The SMILES string of the molecule is CCOC(=O)c1ccccc1OCc1cc([N+](=O)[O-])cc2c1OCOC2. The first-order valence-electron chi connectivity index (χ1n) is 7.99. The molecule has 0 fully saturated rings. The highest BCUT2D eigenvalue weighted by Crippen LogP contribution is 2.33. The molecule has 0 amide bonds. The van der Waals surface area contributed by atoms with E-state index in [-0.39, 0.29) is 37.9 Å². The molecule has 1 aliphatic rings. The molecule has 0 spiro atoms. The van der Waals surface area contributed by atoms with Crippen molar-refractivity contribution in [1.29, 1.82) is 0 Å². The van der Waals surface area contributed by atoms with Crippen molar-refractivity contribution < 1.29 is 28.7 Å². The lowest BCUT2D eigenvalue weighted by molar-refractivity contribution is -0.385. The first-order valence-corrected chi connectivity index (χ1v) is 7.99. The fourth-order valence-electron chi connectivity index (χ4n) is 2.62. The molecule has 1 aliphatic heterocycles. The monoisotopic (exact) mass is 359 g/mol. The minimum atomic E-state index is -0.492. The van der Waals surface area contributed by atoms with Crippen molar-refractivity contribution in [3.8, 4) is 11.5 Å². The standard InChI is InChI=1S/C18H17NO7/c1-2-24-18(20)15-5-3-4-6-16(15)25-10-13-8-14(19(21)22)7-12-9-23-11-26-17(12)13/h3-8H,2,9-11H2,1H3. The van der Waals surface area contributed by atoms with Crippen molar-refractivity contribution in [2.75, 3.05) is 13.4 Å². The van der Waals surface area contributed by atoms with Crippen molar-refractivity contribution in [1.82, 2.24) is 0 Å². The highest BCUT2D eigenvalue weighted by atomic mass is 16.7. The molecule has 1 heterocycles. The van der Waals surface area contributed by atoms with Gasteiger partial charge in [-0.25, -0.2) is 4.79 Å². The van der Waals surface area contributed by atoms with Crippen LogP contribution in [0.5, 0.6) is 11.5 Å². The van der Waals surface area contributed by atoms with Gasteiger partial charge in [0, 0.05) is 23.3 Å². The van der Waals surface area contributed by atoms with Crippen LogP contribution in [0.2, 0.25) is 0 Å². The van der Waals surface area contributed by atoms with E-state index in [0.717, 1.165) is 0 Å². The molecule has 3 rings (SSSR count). The first kappa shape index (κ1) is 17.7. The maximum atomic E-state index is 12.0. The summed E-state index contributed by atoms with van der Waals surface area (Å²) < 4.78 is 21.4. The Morgan fingerprint density at radius 1 is 1.31 bits per heavy atom. The highest BCUT2D eigenvalue weighted by molar-refractivity contribution is 5.92. The Morgan fingerprint density at radius 2 is 2.12 bits per heavy atom. The number of carbonyl (C=O) groups excluding carboxylic acids is 1. The van der Waals surface area contributed by atoms with E-state index in [1.165, 1.54) is 12.1 Å². The average Bonchev–Trinajstić information content (AvgIpc) is 2.66. The van der Waals surface area contributed by atoms with Gasteiger partial charge in [-0.2, -0.15) is 0 Å². The molecule has 2 aromatic rings. The summed E-state index contributed by atoms with van der Waals surface area (Å²) in [6.07, 6.45) is 0. The Bertz CT molecular complexity index is 834. The second-order valence-corrected chi connectivity index (χ2v) is 5.47. The van der Waals surface area contributed by atoms with Gasteiger partial charge in [0.05, 0.1) is 18.1 Å². The van der Waals surface area contributed by atoms with Gasteiger partial charge in [-0.3, -0.25) is 10.1 Å². The molecule has 0 N–H and O–H groups in total. The van der Waals surface area contributed by atoms with Gasteiger partial charge in [-0.1, -0.05) is 12.1 Å². The maximum absolute atomic E-state index is 12.0. The van der Waals surface area contributed by atoms with E-state index >= 15 is 0 Å². The van der Waals surface area contributed by atoms with Gasteiger partial charge in [-0.05, 0) is 19.1 Å². The highest BCUT2D eigenvalue weighted by Gasteiger charge is 2.22. The summed E-state index contributed by atoms with van der Waals surface area (Å²) in [7, 11) is 0. The summed E-state index contributed by atoms with van der Waals surface area (Å²) in [4.78, 5) is 22.7. The van der Waals surface area contributed by atoms with E-state index in [1.807, 2.05) is 0 Å². The fraction of sp³-hybridized carbons (Fsp3) is 0.278. The molecule has 2 aromatic carbocycles. The number of esters is 1.